The van der Waals surface area contributed by atoms with E-state index >= 15 is 0 Å². The molecule has 2 rings (SSSR count). The Morgan fingerprint density at radius 3 is 2.30 bits per heavy atom. The van der Waals surface area contributed by atoms with Gasteiger partial charge in [-0.1, -0.05) is 24.3 Å². The minimum Gasteiger partial charge on any atom is -0.508 e. The van der Waals surface area contributed by atoms with Crippen LogP contribution in [0.15, 0.2) is 30.3 Å². The molecule has 23 heavy (non-hydrogen) atoms. The topological polar surface area (TPSA) is 57.5 Å². The van der Waals surface area contributed by atoms with Gasteiger partial charge < -0.3 is 10.2 Å². The number of aromatic hydroxyl groups is 1. The maximum Gasteiger partial charge on any atom is 0.307 e. The minimum absolute atomic E-state index is 0.0453. The van der Waals surface area contributed by atoms with Crippen molar-refractivity contribution in [3.63, 3.8) is 0 Å². The third-order valence-electron chi connectivity index (χ3n) is 4.00. The molecule has 122 valence electrons. The standard InChI is InChI=1S/C19H23O3P/c1-12-6-15(11-23-3)7-13(2)17(12)9-14-4-5-18(20)16(8-14)10-19(21)22/h4-8,20,23H,9-11H2,1-3H3,(H,21,22). The van der Waals surface area contributed by atoms with Gasteiger partial charge in [0.25, 0.3) is 0 Å². The zero-order valence-corrected chi connectivity index (χ0v) is 14.8. The molecule has 2 N–H and O–H groups in total. The second kappa shape index (κ2) is 7.61. The molecule has 1 unspecified atom stereocenters. The Labute approximate surface area is 139 Å². The van der Waals surface area contributed by atoms with E-state index in [2.05, 4.69) is 32.6 Å². The van der Waals surface area contributed by atoms with Gasteiger partial charge in [0.2, 0.25) is 0 Å². The molecule has 0 aliphatic heterocycles. The molecule has 0 radical (unpaired) electrons. The van der Waals surface area contributed by atoms with Crippen LogP contribution in [-0.4, -0.2) is 22.8 Å². The number of hydrogen-bond acceptors (Lipinski definition) is 2. The number of aryl methyl sites for hydroxylation is 2. The summed E-state index contributed by atoms with van der Waals surface area (Å²) >= 11 is 0. The van der Waals surface area contributed by atoms with Crippen molar-refractivity contribution in [3.05, 3.63) is 63.7 Å². The summed E-state index contributed by atoms with van der Waals surface area (Å²) in [4.78, 5) is 10.9. The van der Waals surface area contributed by atoms with Crippen LogP contribution in [-0.2, 0) is 23.8 Å². The lowest BCUT2D eigenvalue weighted by atomic mass is 9.93. The summed E-state index contributed by atoms with van der Waals surface area (Å²) in [5.41, 5.74) is 6.68. The summed E-state index contributed by atoms with van der Waals surface area (Å²) in [7, 11) is 0.909. The van der Waals surface area contributed by atoms with E-state index in [9.17, 15) is 9.90 Å². The number of carboxylic acid groups (broad SMARTS) is 1. The number of hydrogen-bond donors (Lipinski definition) is 2. The number of phenols is 1. The number of phenolic OH excluding ortho intramolecular Hbond substituents is 1. The first-order chi connectivity index (χ1) is 10.9. The molecule has 0 amide bonds. The van der Waals surface area contributed by atoms with Crippen molar-refractivity contribution in [1.82, 2.24) is 0 Å². The summed E-state index contributed by atoms with van der Waals surface area (Å²) in [6.45, 7) is 6.46. The highest BCUT2D eigenvalue weighted by Gasteiger charge is 2.10. The fraction of sp³-hybridized carbons (Fsp3) is 0.316. The van der Waals surface area contributed by atoms with Gasteiger partial charge in [-0.25, -0.2) is 0 Å². The SMILES string of the molecule is CPCc1cc(C)c(Cc2ccc(O)c(CC(=O)O)c2)c(C)c1. The number of rotatable bonds is 6. The molecule has 4 heteroatoms. The van der Waals surface area contributed by atoms with Crippen LogP contribution in [0, 0.1) is 13.8 Å². The fourth-order valence-corrected chi connectivity index (χ4v) is 3.54. The van der Waals surface area contributed by atoms with Gasteiger partial charge in [0.05, 0.1) is 6.42 Å². The highest BCUT2D eigenvalue weighted by atomic mass is 31.1. The second-order valence-corrected chi connectivity index (χ2v) is 7.01. The van der Waals surface area contributed by atoms with Crippen LogP contribution < -0.4 is 0 Å². The summed E-state index contributed by atoms with van der Waals surface area (Å²) < 4.78 is 0. The van der Waals surface area contributed by atoms with E-state index in [0.29, 0.717) is 5.56 Å². The number of benzene rings is 2. The molecule has 0 aliphatic carbocycles. The molecule has 3 nitrogen and oxygen atoms in total. The van der Waals surface area contributed by atoms with Crippen molar-refractivity contribution in [3.8, 4) is 5.75 Å². The van der Waals surface area contributed by atoms with Gasteiger partial charge in [-0.3, -0.25) is 4.79 Å². The fourth-order valence-electron chi connectivity index (χ4n) is 2.93. The van der Waals surface area contributed by atoms with Crippen LogP contribution in [0.1, 0.15) is 33.4 Å². The van der Waals surface area contributed by atoms with Gasteiger partial charge in [-0.2, -0.15) is 0 Å². The van der Waals surface area contributed by atoms with Gasteiger partial charge in [0, 0.05) is 5.56 Å². The van der Waals surface area contributed by atoms with E-state index in [4.69, 9.17) is 5.11 Å². The van der Waals surface area contributed by atoms with Crippen molar-refractivity contribution < 1.29 is 15.0 Å². The van der Waals surface area contributed by atoms with Crippen molar-refractivity contribution in [2.45, 2.75) is 32.9 Å². The Morgan fingerprint density at radius 2 is 1.74 bits per heavy atom. The molecule has 2 aromatic carbocycles. The monoisotopic (exact) mass is 330 g/mol. The molecule has 0 aromatic heterocycles. The van der Waals surface area contributed by atoms with Crippen LogP contribution in [0.3, 0.4) is 0 Å². The van der Waals surface area contributed by atoms with Crippen LogP contribution >= 0.6 is 8.58 Å². The molecule has 0 spiro atoms. The van der Waals surface area contributed by atoms with Gasteiger partial charge >= 0.3 is 5.97 Å². The first kappa shape index (κ1) is 17.5. The van der Waals surface area contributed by atoms with Crippen LogP contribution in [0.5, 0.6) is 5.75 Å². The Kier molecular flexibility index (Phi) is 5.79. The molecule has 0 aliphatic rings. The lowest BCUT2D eigenvalue weighted by Gasteiger charge is -2.14. The summed E-state index contributed by atoms with van der Waals surface area (Å²) in [5.74, 6) is -0.890. The van der Waals surface area contributed by atoms with E-state index in [1.807, 2.05) is 6.07 Å². The number of carbonyl (C=O) groups is 1. The predicted molar refractivity (Wildman–Crippen MR) is 96.1 cm³/mol. The van der Waals surface area contributed by atoms with Crippen LogP contribution in [0.25, 0.3) is 0 Å². The Bertz CT molecular complexity index is 700. The molecule has 0 bridgehead atoms. The molecule has 0 fully saturated rings. The third-order valence-corrected chi connectivity index (χ3v) is 4.77. The lowest BCUT2D eigenvalue weighted by Crippen LogP contribution is -2.02. The average molecular weight is 330 g/mol. The quantitative estimate of drug-likeness (QED) is 0.786. The van der Waals surface area contributed by atoms with Crippen molar-refractivity contribution >= 4 is 14.6 Å². The minimum atomic E-state index is -0.936. The molecule has 0 saturated heterocycles. The lowest BCUT2D eigenvalue weighted by molar-refractivity contribution is -0.136. The van der Waals surface area contributed by atoms with Crippen molar-refractivity contribution in [2.24, 2.45) is 0 Å². The average Bonchev–Trinajstić information content (AvgIpc) is 2.46. The van der Waals surface area contributed by atoms with Crippen LogP contribution in [0.4, 0.5) is 0 Å². The Hall–Kier alpha value is -1.86. The first-order valence-corrected chi connectivity index (χ1v) is 9.37. The van der Waals surface area contributed by atoms with Gasteiger partial charge in [0.1, 0.15) is 5.75 Å². The van der Waals surface area contributed by atoms with Crippen molar-refractivity contribution in [1.29, 1.82) is 0 Å². The molecule has 0 saturated carbocycles. The third kappa shape index (κ3) is 4.56. The second-order valence-electron chi connectivity index (χ2n) is 5.95. The molecular weight excluding hydrogens is 307 g/mol. The molecule has 1 atom stereocenters. The van der Waals surface area contributed by atoms with Gasteiger partial charge in [-0.05, 0) is 67.0 Å². The summed E-state index contributed by atoms with van der Waals surface area (Å²) in [6.07, 6.45) is 1.71. The van der Waals surface area contributed by atoms with E-state index in [0.717, 1.165) is 26.7 Å². The highest BCUT2D eigenvalue weighted by Crippen LogP contribution is 2.26. The zero-order valence-electron chi connectivity index (χ0n) is 13.8. The largest absolute Gasteiger partial charge is 0.508 e. The molecular formula is C19H23O3P. The van der Waals surface area contributed by atoms with Gasteiger partial charge in [-0.15, -0.1) is 8.58 Å². The van der Waals surface area contributed by atoms with Crippen molar-refractivity contribution in [2.75, 3.05) is 6.66 Å². The summed E-state index contributed by atoms with van der Waals surface area (Å²) in [6, 6.07) is 9.74. The number of aliphatic carboxylic acids is 1. The maximum absolute atomic E-state index is 10.9. The molecule has 2 aromatic rings. The molecule has 0 heterocycles. The van der Waals surface area contributed by atoms with E-state index in [-0.39, 0.29) is 12.2 Å². The zero-order chi connectivity index (χ0) is 17.0. The Balaban J connectivity index is 2.30. The Morgan fingerprint density at radius 1 is 1.09 bits per heavy atom. The predicted octanol–water partition coefficient (Wildman–Crippen LogP) is 4.04. The van der Waals surface area contributed by atoms with E-state index < -0.39 is 5.97 Å². The number of carboxylic acids is 1. The maximum atomic E-state index is 10.9. The van der Waals surface area contributed by atoms with E-state index in [1.54, 1.807) is 12.1 Å². The van der Waals surface area contributed by atoms with E-state index in [1.165, 1.54) is 22.3 Å². The highest BCUT2D eigenvalue weighted by molar-refractivity contribution is 7.36. The normalized spacial score (nSPS) is 11.3. The van der Waals surface area contributed by atoms with Gasteiger partial charge in [0.15, 0.2) is 0 Å². The smallest absolute Gasteiger partial charge is 0.307 e. The van der Waals surface area contributed by atoms with Crippen LogP contribution in [0.2, 0.25) is 0 Å². The summed E-state index contributed by atoms with van der Waals surface area (Å²) in [5, 5.41) is 18.7. The first-order valence-electron chi connectivity index (χ1n) is 7.67.